The Labute approximate surface area is 161 Å². The lowest BCUT2D eigenvalue weighted by Crippen LogP contribution is -2.42. The van der Waals surface area contributed by atoms with Gasteiger partial charge >= 0.3 is 0 Å². The highest BCUT2D eigenvalue weighted by Crippen LogP contribution is 2.19. The molecule has 0 bridgehead atoms. The summed E-state index contributed by atoms with van der Waals surface area (Å²) in [6.07, 6.45) is 0.841. The normalized spacial score (nSPS) is 11.0. The standard InChI is InChI=1S/C22H28N2O3/c1-6-22(4,5)24-21(26)17-8-10-18(11-9-17)23-20(25)14-27-19-12-7-15(2)13-16(19)3/h7-13H,6,14H2,1-5H3,(H,23,25)(H,24,26). The zero-order chi connectivity index (χ0) is 20.0. The molecule has 2 aromatic rings. The molecule has 0 heterocycles. The molecule has 0 aliphatic rings. The van der Waals surface area contributed by atoms with Crippen molar-refractivity contribution in [1.29, 1.82) is 0 Å². The molecule has 0 radical (unpaired) electrons. The van der Waals surface area contributed by atoms with Gasteiger partial charge in [0.2, 0.25) is 0 Å². The average molecular weight is 368 g/mol. The number of nitrogens with one attached hydrogen (secondary N) is 2. The topological polar surface area (TPSA) is 67.4 Å². The second-order valence-electron chi connectivity index (χ2n) is 7.37. The summed E-state index contributed by atoms with van der Waals surface area (Å²) in [4.78, 5) is 24.3. The first-order valence-corrected chi connectivity index (χ1v) is 9.12. The van der Waals surface area contributed by atoms with Crippen molar-refractivity contribution in [3.05, 3.63) is 59.2 Å². The van der Waals surface area contributed by atoms with Crippen LogP contribution in [-0.2, 0) is 4.79 Å². The lowest BCUT2D eigenvalue weighted by Gasteiger charge is -2.24. The maximum atomic E-state index is 12.2. The largest absolute Gasteiger partial charge is 0.483 e. The third-order valence-corrected chi connectivity index (χ3v) is 4.46. The summed E-state index contributed by atoms with van der Waals surface area (Å²) in [6, 6.07) is 12.6. The van der Waals surface area contributed by atoms with Crippen LogP contribution in [0.4, 0.5) is 5.69 Å². The molecule has 2 amide bonds. The lowest BCUT2D eigenvalue weighted by molar-refractivity contribution is -0.118. The number of hydrogen-bond acceptors (Lipinski definition) is 3. The number of rotatable bonds is 7. The molecule has 0 spiro atoms. The Morgan fingerprint density at radius 3 is 2.30 bits per heavy atom. The Balaban J connectivity index is 1.90. The maximum Gasteiger partial charge on any atom is 0.262 e. The molecule has 2 rings (SSSR count). The van der Waals surface area contributed by atoms with Crippen LogP contribution in [0.2, 0.25) is 0 Å². The van der Waals surface area contributed by atoms with Gasteiger partial charge in [0, 0.05) is 16.8 Å². The van der Waals surface area contributed by atoms with Crippen LogP contribution >= 0.6 is 0 Å². The van der Waals surface area contributed by atoms with Gasteiger partial charge in [0.15, 0.2) is 6.61 Å². The molecule has 0 aromatic heterocycles. The maximum absolute atomic E-state index is 12.2. The number of carbonyl (C=O) groups excluding carboxylic acids is 2. The van der Waals surface area contributed by atoms with Crippen LogP contribution in [0.25, 0.3) is 0 Å². The van der Waals surface area contributed by atoms with E-state index < -0.39 is 0 Å². The predicted octanol–water partition coefficient (Wildman–Crippen LogP) is 4.24. The van der Waals surface area contributed by atoms with Gasteiger partial charge in [0.25, 0.3) is 11.8 Å². The lowest BCUT2D eigenvalue weighted by atomic mass is 10.0. The second-order valence-corrected chi connectivity index (χ2v) is 7.37. The summed E-state index contributed by atoms with van der Waals surface area (Å²) in [7, 11) is 0. The summed E-state index contributed by atoms with van der Waals surface area (Å²) < 4.78 is 5.58. The van der Waals surface area contributed by atoms with Crippen molar-refractivity contribution in [2.24, 2.45) is 0 Å². The van der Waals surface area contributed by atoms with Crippen LogP contribution < -0.4 is 15.4 Å². The number of carbonyl (C=O) groups is 2. The van der Waals surface area contributed by atoms with Gasteiger partial charge in [-0.1, -0.05) is 24.6 Å². The van der Waals surface area contributed by atoms with Crippen molar-refractivity contribution in [2.45, 2.75) is 46.6 Å². The first-order chi connectivity index (χ1) is 12.7. The first-order valence-electron chi connectivity index (χ1n) is 9.12. The van der Waals surface area contributed by atoms with Crippen LogP contribution in [-0.4, -0.2) is 24.0 Å². The van der Waals surface area contributed by atoms with Crippen molar-refractivity contribution >= 4 is 17.5 Å². The molecule has 0 unspecified atom stereocenters. The zero-order valence-electron chi connectivity index (χ0n) is 16.7. The van der Waals surface area contributed by atoms with E-state index in [2.05, 4.69) is 10.6 Å². The van der Waals surface area contributed by atoms with Gasteiger partial charge < -0.3 is 15.4 Å². The van der Waals surface area contributed by atoms with Gasteiger partial charge in [-0.25, -0.2) is 0 Å². The molecule has 2 N–H and O–H groups in total. The van der Waals surface area contributed by atoms with Gasteiger partial charge in [-0.3, -0.25) is 9.59 Å². The Bertz CT molecular complexity index is 811. The van der Waals surface area contributed by atoms with Crippen LogP contribution in [0.1, 0.15) is 48.7 Å². The van der Waals surface area contributed by atoms with Crippen LogP contribution in [0.5, 0.6) is 5.75 Å². The van der Waals surface area contributed by atoms with Gasteiger partial charge in [-0.05, 0) is 70.0 Å². The van der Waals surface area contributed by atoms with Crippen molar-refractivity contribution in [3.63, 3.8) is 0 Å². The van der Waals surface area contributed by atoms with Crippen molar-refractivity contribution in [1.82, 2.24) is 5.32 Å². The highest BCUT2D eigenvalue weighted by molar-refractivity contribution is 5.96. The van der Waals surface area contributed by atoms with E-state index in [1.807, 2.05) is 52.8 Å². The van der Waals surface area contributed by atoms with Crippen molar-refractivity contribution in [2.75, 3.05) is 11.9 Å². The number of ether oxygens (including phenoxy) is 1. The Morgan fingerprint density at radius 2 is 1.70 bits per heavy atom. The van der Waals surface area contributed by atoms with E-state index in [9.17, 15) is 9.59 Å². The third kappa shape index (κ3) is 6.13. The van der Waals surface area contributed by atoms with Gasteiger partial charge in [0.1, 0.15) is 5.75 Å². The van der Waals surface area contributed by atoms with Gasteiger partial charge in [-0.15, -0.1) is 0 Å². The molecule has 2 aromatic carbocycles. The summed E-state index contributed by atoms with van der Waals surface area (Å²) in [5.74, 6) is 0.318. The molecule has 0 atom stereocenters. The van der Waals surface area contributed by atoms with E-state index in [1.165, 1.54) is 0 Å². The Kier molecular flexibility index (Phi) is 6.61. The first kappa shape index (κ1) is 20.5. The molecule has 0 aliphatic carbocycles. The molecule has 0 aliphatic heterocycles. The molecule has 0 fully saturated rings. The average Bonchev–Trinajstić information content (AvgIpc) is 2.61. The number of anilines is 1. The van der Waals surface area contributed by atoms with E-state index in [4.69, 9.17) is 4.74 Å². The molecular weight excluding hydrogens is 340 g/mol. The summed E-state index contributed by atoms with van der Waals surface area (Å²) in [5, 5.41) is 5.76. The quantitative estimate of drug-likeness (QED) is 0.768. The fourth-order valence-corrected chi connectivity index (χ4v) is 2.47. The molecule has 144 valence electrons. The molecule has 27 heavy (non-hydrogen) atoms. The van der Waals surface area contributed by atoms with Gasteiger partial charge in [0.05, 0.1) is 0 Å². The highest BCUT2D eigenvalue weighted by atomic mass is 16.5. The summed E-state index contributed by atoms with van der Waals surface area (Å²) in [6.45, 7) is 9.88. The van der Waals surface area contributed by atoms with E-state index >= 15 is 0 Å². The third-order valence-electron chi connectivity index (χ3n) is 4.46. The van der Waals surface area contributed by atoms with Crippen LogP contribution in [0.15, 0.2) is 42.5 Å². The predicted molar refractivity (Wildman–Crippen MR) is 108 cm³/mol. The van der Waals surface area contributed by atoms with Gasteiger partial charge in [-0.2, -0.15) is 0 Å². The number of aryl methyl sites for hydroxylation is 2. The van der Waals surface area contributed by atoms with E-state index in [0.717, 1.165) is 17.5 Å². The van der Waals surface area contributed by atoms with Crippen molar-refractivity contribution in [3.8, 4) is 5.75 Å². The number of amides is 2. The number of hydrogen-bond donors (Lipinski definition) is 2. The Hall–Kier alpha value is -2.82. The monoisotopic (exact) mass is 368 g/mol. The molecular formula is C22H28N2O3. The minimum absolute atomic E-state index is 0.0726. The van der Waals surface area contributed by atoms with Crippen LogP contribution in [0, 0.1) is 13.8 Å². The fourth-order valence-electron chi connectivity index (χ4n) is 2.47. The Morgan fingerprint density at radius 1 is 1.04 bits per heavy atom. The van der Waals surface area contributed by atoms with Crippen molar-refractivity contribution < 1.29 is 14.3 Å². The minimum atomic E-state index is -0.255. The van der Waals surface area contributed by atoms with E-state index in [1.54, 1.807) is 24.3 Å². The number of benzene rings is 2. The zero-order valence-corrected chi connectivity index (χ0v) is 16.7. The molecule has 5 heteroatoms. The van der Waals surface area contributed by atoms with E-state index in [-0.39, 0.29) is 24.0 Å². The molecule has 5 nitrogen and oxygen atoms in total. The smallest absolute Gasteiger partial charge is 0.262 e. The molecule has 0 saturated carbocycles. The van der Waals surface area contributed by atoms with Crippen LogP contribution in [0.3, 0.4) is 0 Å². The minimum Gasteiger partial charge on any atom is -0.483 e. The fraction of sp³-hybridized carbons (Fsp3) is 0.364. The summed E-state index contributed by atoms with van der Waals surface area (Å²) >= 11 is 0. The SMILES string of the molecule is CCC(C)(C)NC(=O)c1ccc(NC(=O)COc2ccc(C)cc2C)cc1. The summed E-state index contributed by atoms with van der Waals surface area (Å²) in [5.41, 5.74) is 3.07. The second kappa shape index (κ2) is 8.71. The molecule has 0 saturated heterocycles. The van der Waals surface area contributed by atoms with E-state index in [0.29, 0.717) is 17.0 Å². The highest BCUT2D eigenvalue weighted by Gasteiger charge is 2.18.